The van der Waals surface area contributed by atoms with E-state index in [0.717, 1.165) is 24.3 Å². The molecule has 0 spiro atoms. The lowest BCUT2D eigenvalue weighted by atomic mass is 9.82. The molecular weight excluding hydrogens is 474 g/mol. The monoisotopic (exact) mass is 501 g/mol. The van der Waals surface area contributed by atoms with Gasteiger partial charge in [0.05, 0.1) is 12.2 Å². The van der Waals surface area contributed by atoms with E-state index < -0.39 is 41.2 Å². The minimum atomic E-state index is -1.69. The highest BCUT2D eigenvalue weighted by Crippen LogP contribution is 2.43. The number of nitrogens with zero attached hydrogens (tertiary/aromatic N) is 3. The lowest BCUT2D eigenvalue weighted by Crippen LogP contribution is -2.48. The van der Waals surface area contributed by atoms with E-state index in [4.69, 9.17) is 5.11 Å². The Hall–Kier alpha value is -3.46. The van der Waals surface area contributed by atoms with Crippen LogP contribution in [0.3, 0.4) is 0 Å². The summed E-state index contributed by atoms with van der Waals surface area (Å²) in [5.41, 5.74) is -0.438. The zero-order valence-corrected chi connectivity index (χ0v) is 20.4. The summed E-state index contributed by atoms with van der Waals surface area (Å²) in [6, 6.07) is 3.71. The van der Waals surface area contributed by atoms with E-state index >= 15 is 13.2 Å². The molecule has 1 aliphatic heterocycles. The van der Waals surface area contributed by atoms with Crippen molar-refractivity contribution in [3.8, 4) is 11.1 Å². The number of halogens is 4. The van der Waals surface area contributed by atoms with E-state index in [9.17, 15) is 9.18 Å². The van der Waals surface area contributed by atoms with Gasteiger partial charge < -0.3 is 5.11 Å². The number of benzene rings is 2. The van der Waals surface area contributed by atoms with Gasteiger partial charge in [-0.3, -0.25) is 9.58 Å². The predicted molar refractivity (Wildman–Crippen MR) is 129 cm³/mol. The Morgan fingerprint density at radius 3 is 2.44 bits per heavy atom. The molecule has 2 heterocycles. The van der Waals surface area contributed by atoms with E-state index in [1.165, 1.54) is 20.0 Å². The van der Waals surface area contributed by atoms with Crippen LogP contribution in [0.25, 0.3) is 17.2 Å². The third-order valence-corrected chi connectivity index (χ3v) is 6.34. The predicted octanol–water partition coefficient (Wildman–Crippen LogP) is 5.69. The summed E-state index contributed by atoms with van der Waals surface area (Å²) in [4.78, 5) is 12.5. The average Bonchev–Trinajstić information content (AvgIpc) is 3.19. The molecule has 4 rings (SSSR count). The van der Waals surface area contributed by atoms with Crippen molar-refractivity contribution in [2.75, 3.05) is 6.54 Å². The number of fused-ring (bicyclic) bond motifs is 1. The highest BCUT2D eigenvalue weighted by atomic mass is 19.1. The van der Waals surface area contributed by atoms with Crippen LogP contribution in [0, 0.1) is 17.5 Å². The van der Waals surface area contributed by atoms with Crippen LogP contribution in [0.15, 0.2) is 42.7 Å². The molecule has 0 bridgehead atoms. The fourth-order valence-corrected chi connectivity index (χ4v) is 4.86. The highest BCUT2D eigenvalue weighted by Gasteiger charge is 2.40. The van der Waals surface area contributed by atoms with Crippen molar-refractivity contribution in [2.24, 2.45) is 7.05 Å². The normalized spacial score (nSPS) is 18.6. The lowest BCUT2D eigenvalue weighted by Gasteiger charge is -2.44. The molecule has 0 unspecified atom stereocenters. The van der Waals surface area contributed by atoms with Gasteiger partial charge in [-0.15, -0.1) is 0 Å². The molecule has 3 aromatic rings. The number of carboxylic acids is 1. The Morgan fingerprint density at radius 1 is 1.22 bits per heavy atom. The van der Waals surface area contributed by atoms with Crippen molar-refractivity contribution in [3.05, 3.63) is 82.4 Å². The van der Waals surface area contributed by atoms with Crippen molar-refractivity contribution in [2.45, 2.75) is 44.9 Å². The Labute approximate surface area is 206 Å². The fourth-order valence-electron chi connectivity index (χ4n) is 4.86. The number of rotatable bonds is 6. The van der Waals surface area contributed by atoms with E-state index in [2.05, 4.69) is 5.10 Å². The van der Waals surface area contributed by atoms with Crippen LogP contribution in [0.2, 0.25) is 0 Å². The van der Waals surface area contributed by atoms with Gasteiger partial charge in [0.1, 0.15) is 23.1 Å². The van der Waals surface area contributed by atoms with Crippen LogP contribution < -0.4 is 0 Å². The van der Waals surface area contributed by atoms with Gasteiger partial charge in [0.25, 0.3) is 0 Å². The summed E-state index contributed by atoms with van der Waals surface area (Å²) < 4.78 is 63.1. The number of aromatic nitrogens is 2. The van der Waals surface area contributed by atoms with Gasteiger partial charge in [-0.25, -0.2) is 22.4 Å². The topological polar surface area (TPSA) is 58.4 Å². The molecule has 0 amide bonds. The number of hydrogen-bond acceptors (Lipinski definition) is 3. The van der Waals surface area contributed by atoms with Crippen molar-refractivity contribution < 1.29 is 27.5 Å². The van der Waals surface area contributed by atoms with Gasteiger partial charge in [-0.1, -0.05) is 12.1 Å². The van der Waals surface area contributed by atoms with Gasteiger partial charge in [0.15, 0.2) is 0 Å². The molecule has 9 heteroatoms. The molecule has 5 nitrogen and oxygen atoms in total. The molecule has 1 aromatic heterocycles. The Morgan fingerprint density at radius 2 is 1.89 bits per heavy atom. The smallest absolute Gasteiger partial charge is 0.328 e. The third-order valence-electron chi connectivity index (χ3n) is 6.34. The van der Waals surface area contributed by atoms with Crippen LogP contribution in [-0.2, 0) is 18.3 Å². The molecule has 36 heavy (non-hydrogen) atoms. The second-order valence-electron chi connectivity index (χ2n) is 9.81. The first-order chi connectivity index (χ1) is 16.9. The van der Waals surface area contributed by atoms with Crippen molar-refractivity contribution in [3.63, 3.8) is 0 Å². The molecular formula is C27H27F4N3O2. The van der Waals surface area contributed by atoms with Crippen molar-refractivity contribution in [1.82, 2.24) is 14.7 Å². The van der Waals surface area contributed by atoms with Gasteiger partial charge in [-0.05, 0) is 62.1 Å². The molecule has 2 aromatic carbocycles. The highest BCUT2D eigenvalue weighted by molar-refractivity contribution is 5.85. The number of alkyl halides is 1. The maximum absolute atomic E-state index is 15.8. The summed E-state index contributed by atoms with van der Waals surface area (Å²) >= 11 is 0. The Bertz CT molecular complexity index is 1320. The molecule has 0 radical (unpaired) electrons. The van der Waals surface area contributed by atoms with Gasteiger partial charge in [0.2, 0.25) is 0 Å². The standard InChI is InChI=1S/C27H27F4N3O2/c1-15-9-20-19(7-6-18(25(20)30)17-12-32-33(4)13-17)26(34(15)14-27(2,3)31)24-21(28)10-16(11-22(24)29)5-8-23(35)36/h5-8,10-13,15,26H,9,14H2,1-4H3,(H,35,36)/b8-5+/t15-,26+/m1/s1. The van der Waals surface area contributed by atoms with Crippen molar-refractivity contribution in [1.29, 1.82) is 0 Å². The van der Waals surface area contributed by atoms with Gasteiger partial charge in [-0.2, -0.15) is 5.10 Å². The molecule has 1 N–H and O–H groups in total. The van der Waals surface area contributed by atoms with Gasteiger partial charge >= 0.3 is 5.97 Å². The van der Waals surface area contributed by atoms with Crippen LogP contribution in [0.4, 0.5) is 17.6 Å². The van der Waals surface area contributed by atoms with Gasteiger partial charge in [0, 0.05) is 48.6 Å². The second kappa shape index (κ2) is 9.54. The van der Waals surface area contributed by atoms with Crippen LogP contribution >= 0.6 is 0 Å². The first-order valence-electron chi connectivity index (χ1n) is 11.5. The van der Waals surface area contributed by atoms with Crippen molar-refractivity contribution >= 4 is 12.0 Å². The Kier molecular flexibility index (Phi) is 6.79. The third kappa shape index (κ3) is 5.06. The first-order valence-corrected chi connectivity index (χ1v) is 11.5. The number of aryl methyl sites for hydroxylation is 1. The SMILES string of the molecule is C[C@@H]1Cc2c(ccc(-c3cnn(C)c3)c2F)[C@@H](c2c(F)cc(/C=C/C(=O)O)cc2F)N1CC(C)(C)F. The number of hydrogen-bond donors (Lipinski definition) is 1. The molecule has 0 fully saturated rings. The van der Waals surface area contributed by atoms with E-state index in [1.54, 1.807) is 41.9 Å². The molecule has 1 aliphatic rings. The number of carbonyl (C=O) groups is 1. The van der Waals surface area contributed by atoms with Crippen LogP contribution in [0.1, 0.15) is 49.1 Å². The van der Waals surface area contributed by atoms with Crippen LogP contribution in [0.5, 0.6) is 0 Å². The minimum absolute atomic E-state index is 0.0238. The zero-order chi connectivity index (χ0) is 26.4. The molecule has 0 saturated heterocycles. The molecule has 0 aliphatic carbocycles. The summed E-state index contributed by atoms with van der Waals surface area (Å²) in [7, 11) is 1.72. The van der Waals surface area contributed by atoms with E-state index in [0.29, 0.717) is 22.3 Å². The Balaban J connectivity index is 1.90. The zero-order valence-electron chi connectivity index (χ0n) is 20.4. The average molecular weight is 502 g/mol. The molecule has 0 saturated carbocycles. The first kappa shape index (κ1) is 25.6. The van der Waals surface area contributed by atoms with E-state index in [1.807, 2.05) is 0 Å². The number of carboxylic acid groups (broad SMARTS) is 1. The fraction of sp³-hybridized carbons (Fsp3) is 0.333. The minimum Gasteiger partial charge on any atom is -0.478 e. The second-order valence-corrected chi connectivity index (χ2v) is 9.81. The number of aliphatic carboxylic acids is 1. The molecule has 190 valence electrons. The summed E-state index contributed by atoms with van der Waals surface area (Å²) in [5, 5.41) is 12.9. The summed E-state index contributed by atoms with van der Waals surface area (Å²) in [5.74, 6) is -3.61. The quantitative estimate of drug-likeness (QED) is 0.349. The summed E-state index contributed by atoms with van der Waals surface area (Å²) in [6.45, 7) is 4.40. The summed E-state index contributed by atoms with van der Waals surface area (Å²) in [6.07, 6.45) is 5.30. The van der Waals surface area contributed by atoms with Crippen LogP contribution in [-0.4, -0.2) is 44.0 Å². The maximum Gasteiger partial charge on any atom is 0.328 e. The largest absolute Gasteiger partial charge is 0.478 e. The van der Waals surface area contributed by atoms with E-state index in [-0.39, 0.29) is 24.1 Å². The molecule has 2 atom stereocenters. The lowest BCUT2D eigenvalue weighted by molar-refractivity contribution is -0.131. The maximum atomic E-state index is 15.8.